The molecule has 0 spiro atoms. The van der Waals surface area contributed by atoms with Gasteiger partial charge in [-0.05, 0) is 12.1 Å². The third kappa shape index (κ3) is 2.25. The van der Waals surface area contributed by atoms with Crippen molar-refractivity contribution in [2.75, 3.05) is 0 Å². The second-order valence-corrected chi connectivity index (χ2v) is 1.80. The van der Waals surface area contributed by atoms with E-state index in [-0.39, 0.29) is 19.5 Å². The van der Waals surface area contributed by atoms with Crippen molar-refractivity contribution in [3.05, 3.63) is 29.0 Å². The topological polar surface area (TPSA) is 25.2 Å². The van der Waals surface area contributed by atoms with E-state index >= 15 is 0 Å². The minimum Gasteiger partial charge on any atom is -0.428 e. The maximum Gasteiger partial charge on any atom is 2.00 e. The van der Waals surface area contributed by atoms with Gasteiger partial charge in [-0.2, -0.15) is 4.73 Å². The van der Waals surface area contributed by atoms with Crippen LogP contribution in [0.2, 0.25) is 0 Å². The fraction of sp³-hybridized carbons (Fsp3) is 0. The Balaban J connectivity index is 0.000000640. The zero-order chi connectivity index (χ0) is 5.98. The predicted octanol–water partition coefficient (Wildman–Crippen LogP) is 1.45. The molecule has 1 N–H and O–H groups in total. The molecule has 0 aliphatic carbocycles. The van der Waals surface area contributed by atoms with E-state index < -0.39 is 0 Å². The monoisotopic (exact) mass is 191 g/mol. The summed E-state index contributed by atoms with van der Waals surface area (Å²) in [5, 5.41) is 8.73. The Morgan fingerprint density at radius 3 is 2.44 bits per heavy atom. The summed E-state index contributed by atoms with van der Waals surface area (Å²) < 4.78 is 1.32. The molecule has 0 fully saturated rings. The van der Waals surface area contributed by atoms with E-state index in [2.05, 4.69) is 12.2 Å². The third-order valence-corrected chi connectivity index (χ3v) is 1.13. The van der Waals surface area contributed by atoms with Crippen LogP contribution in [0.15, 0.2) is 24.4 Å². The van der Waals surface area contributed by atoms with Gasteiger partial charge in [-0.3, -0.25) is 0 Å². The van der Waals surface area contributed by atoms with Crippen molar-refractivity contribution in [2.45, 2.75) is 0 Å². The van der Waals surface area contributed by atoms with Crippen LogP contribution in [0.25, 0.3) is 0 Å². The molecule has 4 heteroatoms. The van der Waals surface area contributed by atoms with Crippen LogP contribution >= 0.6 is 12.2 Å². The van der Waals surface area contributed by atoms with Gasteiger partial charge in [-0.25, -0.2) is 0 Å². The van der Waals surface area contributed by atoms with E-state index in [1.807, 2.05) is 0 Å². The van der Waals surface area contributed by atoms with Gasteiger partial charge in [0.1, 0.15) is 4.64 Å². The standard InChI is InChI=1S/C5H5NOS.Zn/c7-6-4-2-1-3-5(6)8;/h1-4,7H;/q;+2. The van der Waals surface area contributed by atoms with Crippen LogP contribution in [0.4, 0.5) is 0 Å². The van der Waals surface area contributed by atoms with E-state index in [4.69, 9.17) is 5.21 Å². The maximum atomic E-state index is 8.73. The Labute approximate surface area is 70.9 Å². The average Bonchev–Trinajstić information content (AvgIpc) is 1.77. The van der Waals surface area contributed by atoms with Crippen LogP contribution in [0.5, 0.6) is 0 Å². The van der Waals surface area contributed by atoms with Gasteiger partial charge in [-0.1, -0.05) is 18.3 Å². The molecule has 1 aromatic heterocycles. The summed E-state index contributed by atoms with van der Waals surface area (Å²) >= 11 is 4.67. The Morgan fingerprint density at radius 2 is 2.11 bits per heavy atom. The van der Waals surface area contributed by atoms with Crippen molar-refractivity contribution in [2.24, 2.45) is 0 Å². The van der Waals surface area contributed by atoms with Gasteiger partial charge in [0.25, 0.3) is 0 Å². The van der Waals surface area contributed by atoms with Gasteiger partial charge >= 0.3 is 19.5 Å². The molecule has 0 unspecified atom stereocenters. The molecular weight excluding hydrogens is 188 g/mol. The van der Waals surface area contributed by atoms with Crippen molar-refractivity contribution in [1.82, 2.24) is 4.73 Å². The summed E-state index contributed by atoms with van der Waals surface area (Å²) in [6.07, 6.45) is 1.49. The molecule has 0 saturated heterocycles. The van der Waals surface area contributed by atoms with Gasteiger partial charge in [0.2, 0.25) is 0 Å². The van der Waals surface area contributed by atoms with Crippen molar-refractivity contribution in [1.29, 1.82) is 0 Å². The summed E-state index contributed by atoms with van der Waals surface area (Å²) in [5.41, 5.74) is 0. The number of hydrogen-bond donors (Lipinski definition) is 1. The number of aromatic nitrogens is 1. The van der Waals surface area contributed by atoms with Crippen molar-refractivity contribution in [3.63, 3.8) is 0 Å². The molecule has 0 radical (unpaired) electrons. The molecule has 1 rings (SSSR count). The minimum atomic E-state index is 0. The molecule has 0 saturated carbocycles. The van der Waals surface area contributed by atoms with Crippen LogP contribution < -0.4 is 0 Å². The fourth-order valence-electron chi connectivity index (χ4n) is 0.419. The van der Waals surface area contributed by atoms with Gasteiger partial charge < -0.3 is 5.21 Å². The average molecular weight is 193 g/mol. The normalized spacial score (nSPS) is 8.00. The second kappa shape index (κ2) is 3.75. The minimum absolute atomic E-state index is 0. The van der Waals surface area contributed by atoms with Crippen LogP contribution in [0.3, 0.4) is 0 Å². The van der Waals surface area contributed by atoms with Crippen molar-refractivity contribution < 1.29 is 24.7 Å². The van der Waals surface area contributed by atoms with Gasteiger partial charge in [-0.15, -0.1) is 0 Å². The number of hydrogen-bond acceptors (Lipinski definition) is 2. The molecule has 0 aromatic carbocycles. The molecule has 0 aliphatic rings. The number of rotatable bonds is 0. The zero-order valence-electron chi connectivity index (χ0n) is 4.82. The first-order valence-corrected chi connectivity index (χ1v) is 2.58. The van der Waals surface area contributed by atoms with Crippen LogP contribution in [0, 0.1) is 4.64 Å². The largest absolute Gasteiger partial charge is 2.00 e. The molecule has 1 aromatic rings. The predicted molar refractivity (Wildman–Crippen MR) is 32.5 cm³/mol. The van der Waals surface area contributed by atoms with Crippen molar-refractivity contribution >= 4 is 12.2 Å². The maximum absolute atomic E-state index is 8.73. The van der Waals surface area contributed by atoms with E-state index in [0.717, 1.165) is 4.73 Å². The van der Waals surface area contributed by atoms with Gasteiger partial charge in [0.15, 0.2) is 0 Å². The summed E-state index contributed by atoms with van der Waals surface area (Å²) in [6.45, 7) is 0. The second-order valence-electron chi connectivity index (χ2n) is 1.38. The molecule has 0 amide bonds. The number of nitrogens with zero attached hydrogens (tertiary/aromatic N) is 1. The molecular formula is C5H5NOSZn+2. The van der Waals surface area contributed by atoms with Gasteiger partial charge in [0.05, 0.1) is 0 Å². The molecule has 0 atom stereocenters. The summed E-state index contributed by atoms with van der Waals surface area (Å²) in [4.78, 5) is 0. The van der Waals surface area contributed by atoms with E-state index in [1.54, 1.807) is 18.2 Å². The Morgan fingerprint density at radius 1 is 1.44 bits per heavy atom. The quantitative estimate of drug-likeness (QED) is 0.382. The Hall–Kier alpha value is -0.207. The smallest absolute Gasteiger partial charge is 0.428 e. The molecule has 1 heterocycles. The molecule has 2 nitrogen and oxygen atoms in total. The van der Waals surface area contributed by atoms with Crippen LogP contribution in [-0.4, -0.2) is 9.94 Å². The van der Waals surface area contributed by atoms with Crippen molar-refractivity contribution in [3.8, 4) is 0 Å². The van der Waals surface area contributed by atoms with Crippen LogP contribution in [0.1, 0.15) is 0 Å². The first-order valence-electron chi connectivity index (χ1n) is 2.17. The number of pyridine rings is 1. The van der Waals surface area contributed by atoms with Crippen LogP contribution in [-0.2, 0) is 19.5 Å². The first kappa shape index (κ1) is 8.79. The third-order valence-electron chi connectivity index (χ3n) is 0.803. The molecule has 9 heavy (non-hydrogen) atoms. The fourth-order valence-corrected chi connectivity index (χ4v) is 0.558. The summed E-state index contributed by atoms with van der Waals surface area (Å²) in [6, 6.07) is 5.13. The molecule has 0 aliphatic heterocycles. The molecule has 42 valence electrons. The zero-order valence-corrected chi connectivity index (χ0v) is 8.60. The van der Waals surface area contributed by atoms with E-state index in [0.29, 0.717) is 4.64 Å². The Kier molecular flexibility index (Phi) is 3.66. The van der Waals surface area contributed by atoms with Gasteiger partial charge in [0, 0.05) is 6.20 Å². The first-order chi connectivity index (χ1) is 3.80. The summed E-state index contributed by atoms with van der Waals surface area (Å²) in [7, 11) is 0. The van der Waals surface area contributed by atoms with E-state index in [9.17, 15) is 0 Å². The summed E-state index contributed by atoms with van der Waals surface area (Å²) in [5.74, 6) is 0. The Bertz CT molecular complexity index is 234. The molecule has 0 bridgehead atoms. The SMILES string of the molecule is On1ccccc1=S.[Zn+2]. The van der Waals surface area contributed by atoms with E-state index in [1.165, 1.54) is 6.20 Å².